The molecule has 1 N–H and O–H groups in total. The van der Waals surface area contributed by atoms with Crippen molar-refractivity contribution in [1.82, 2.24) is 19.3 Å². The minimum absolute atomic E-state index is 0.0609. The largest absolute Gasteiger partial charge is 0.501 e. The third-order valence-corrected chi connectivity index (χ3v) is 7.80. The Morgan fingerprint density at radius 2 is 1.87 bits per heavy atom. The number of anilines is 2. The summed E-state index contributed by atoms with van der Waals surface area (Å²) in [7, 11) is 1.73. The van der Waals surface area contributed by atoms with Crippen LogP contribution in [0.3, 0.4) is 0 Å². The predicted octanol–water partition coefficient (Wildman–Crippen LogP) is 2.96. The van der Waals surface area contributed by atoms with E-state index in [2.05, 4.69) is 14.9 Å². The van der Waals surface area contributed by atoms with Gasteiger partial charge < -0.3 is 19.6 Å². The Bertz CT molecular complexity index is 1580. The lowest BCUT2D eigenvalue weighted by atomic mass is 10.1. The van der Waals surface area contributed by atoms with Crippen LogP contribution >= 0.6 is 11.3 Å². The number of morpholine rings is 1. The lowest BCUT2D eigenvalue weighted by molar-refractivity contribution is 0.122. The number of halogens is 1. The predicted molar refractivity (Wildman–Crippen MR) is 142 cm³/mol. The summed E-state index contributed by atoms with van der Waals surface area (Å²) in [4.78, 5) is 41.7. The average molecular weight is 537 g/mol. The zero-order valence-electron chi connectivity index (χ0n) is 20.6. The number of carbonyl (C=O) groups excluding carboxylic acids is 1. The van der Waals surface area contributed by atoms with Crippen molar-refractivity contribution in [2.45, 2.75) is 6.42 Å². The standard InChI is InChI=1S/C26H25FN6O4S/c1-30-6-7-32(26(30)36)20-13-18(31-8-10-37-11-9-31)15-33-23(20)29-21(22(34)25(33)35)24-28-14-19(38-24)12-16-2-4-17(27)5-3-16/h2-5,13-15,34H,6-12H2,1H3. The molecule has 5 heterocycles. The van der Waals surface area contributed by atoms with Gasteiger partial charge in [0.2, 0.25) is 5.75 Å². The van der Waals surface area contributed by atoms with Gasteiger partial charge in [0.1, 0.15) is 16.5 Å². The summed E-state index contributed by atoms with van der Waals surface area (Å²) < 4.78 is 20.0. The average Bonchev–Trinajstić information content (AvgIpc) is 3.53. The maximum atomic E-state index is 13.5. The number of thiazole rings is 1. The first kappa shape index (κ1) is 24.3. The summed E-state index contributed by atoms with van der Waals surface area (Å²) in [5.41, 5.74) is 1.82. The second kappa shape index (κ2) is 9.69. The molecular weight excluding hydrogens is 511 g/mol. The second-order valence-electron chi connectivity index (χ2n) is 9.28. The van der Waals surface area contributed by atoms with Crippen LogP contribution in [-0.4, -0.2) is 76.8 Å². The first-order valence-electron chi connectivity index (χ1n) is 12.2. The van der Waals surface area contributed by atoms with Crippen LogP contribution in [0, 0.1) is 5.82 Å². The number of hydrogen-bond donors (Lipinski definition) is 1. The summed E-state index contributed by atoms with van der Waals surface area (Å²) in [6.07, 6.45) is 3.83. The Morgan fingerprint density at radius 1 is 1.11 bits per heavy atom. The molecular formula is C26H25FN6O4S. The SMILES string of the molecule is CN1CCN(c2cc(N3CCOCC3)cn3c(=O)c(O)c(-c4ncc(Cc5ccc(F)cc5)s4)nc23)C1=O. The van der Waals surface area contributed by atoms with E-state index in [0.29, 0.717) is 56.5 Å². The number of benzene rings is 1. The first-order chi connectivity index (χ1) is 18.4. The van der Waals surface area contributed by atoms with E-state index in [1.54, 1.807) is 41.4 Å². The highest BCUT2D eigenvalue weighted by molar-refractivity contribution is 7.15. The number of rotatable bonds is 5. The summed E-state index contributed by atoms with van der Waals surface area (Å²) in [6.45, 7) is 3.38. The fourth-order valence-electron chi connectivity index (χ4n) is 4.71. The minimum Gasteiger partial charge on any atom is -0.501 e. The molecule has 38 heavy (non-hydrogen) atoms. The van der Waals surface area contributed by atoms with E-state index in [1.165, 1.54) is 27.9 Å². The van der Waals surface area contributed by atoms with Crippen LogP contribution in [0.25, 0.3) is 16.3 Å². The van der Waals surface area contributed by atoms with Gasteiger partial charge in [-0.3, -0.25) is 14.1 Å². The normalized spacial score (nSPS) is 16.2. The van der Waals surface area contributed by atoms with Crippen molar-refractivity contribution in [2.24, 2.45) is 0 Å². The Labute approximate surface area is 221 Å². The first-order valence-corrected chi connectivity index (χ1v) is 13.0. The number of ether oxygens (including phenoxy) is 1. The zero-order valence-corrected chi connectivity index (χ0v) is 21.4. The monoisotopic (exact) mass is 536 g/mol. The summed E-state index contributed by atoms with van der Waals surface area (Å²) in [5, 5.41) is 11.3. The lowest BCUT2D eigenvalue weighted by Gasteiger charge is -2.30. The Kier molecular flexibility index (Phi) is 6.20. The molecule has 2 aliphatic rings. The Morgan fingerprint density at radius 3 is 2.58 bits per heavy atom. The van der Waals surface area contributed by atoms with Crippen LogP contribution in [0.5, 0.6) is 5.75 Å². The number of urea groups is 1. The van der Waals surface area contributed by atoms with Gasteiger partial charge in [0.05, 0.1) is 24.6 Å². The number of amides is 2. The van der Waals surface area contributed by atoms with Gasteiger partial charge in [0.15, 0.2) is 5.65 Å². The van der Waals surface area contributed by atoms with Crippen molar-refractivity contribution in [3.63, 3.8) is 0 Å². The van der Waals surface area contributed by atoms with Crippen molar-refractivity contribution < 1.29 is 19.0 Å². The van der Waals surface area contributed by atoms with E-state index >= 15 is 0 Å². The van der Waals surface area contributed by atoms with Crippen molar-refractivity contribution >= 4 is 34.4 Å². The molecule has 0 saturated carbocycles. The molecule has 0 unspecified atom stereocenters. The maximum absolute atomic E-state index is 13.5. The number of pyridine rings is 1. The molecule has 2 fully saturated rings. The number of nitrogens with zero attached hydrogens (tertiary/aromatic N) is 6. The molecule has 2 aliphatic heterocycles. The molecule has 4 aromatic rings. The fourth-order valence-corrected chi connectivity index (χ4v) is 5.65. The van der Waals surface area contributed by atoms with E-state index in [4.69, 9.17) is 4.74 Å². The molecule has 10 nitrogen and oxygen atoms in total. The topological polar surface area (TPSA) is 104 Å². The van der Waals surface area contributed by atoms with Crippen molar-refractivity contribution in [3.05, 3.63) is 69.3 Å². The van der Waals surface area contributed by atoms with Gasteiger partial charge in [-0.1, -0.05) is 12.1 Å². The van der Waals surface area contributed by atoms with Crippen molar-refractivity contribution in [2.75, 3.05) is 56.2 Å². The molecule has 6 rings (SSSR count). The van der Waals surface area contributed by atoms with Crippen LogP contribution in [0.1, 0.15) is 10.4 Å². The van der Waals surface area contributed by atoms with Gasteiger partial charge >= 0.3 is 11.6 Å². The molecule has 3 aromatic heterocycles. The third-order valence-electron chi connectivity index (χ3n) is 6.80. The fraction of sp³-hybridized carbons (Fsp3) is 0.308. The van der Waals surface area contributed by atoms with Crippen LogP contribution in [0.15, 0.2) is 47.5 Å². The van der Waals surface area contributed by atoms with Gasteiger partial charge in [-0.05, 0) is 23.8 Å². The van der Waals surface area contributed by atoms with Crippen LogP contribution in [-0.2, 0) is 11.2 Å². The van der Waals surface area contributed by atoms with E-state index in [-0.39, 0.29) is 23.2 Å². The highest BCUT2D eigenvalue weighted by Gasteiger charge is 2.31. The van der Waals surface area contributed by atoms with Crippen LogP contribution < -0.4 is 15.4 Å². The van der Waals surface area contributed by atoms with Crippen LogP contribution in [0.2, 0.25) is 0 Å². The van der Waals surface area contributed by atoms with Gasteiger partial charge in [-0.2, -0.15) is 0 Å². The third kappa shape index (κ3) is 4.35. The van der Waals surface area contributed by atoms with E-state index in [0.717, 1.165) is 16.1 Å². The van der Waals surface area contributed by atoms with Gasteiger partial charge in [0.25, 0.3) is 0 Å². The summed E-state index contributed by atoms with van der Waals surface area (Å²) >= 11 is 1.29. The molecule has 1 aromatic carbocycles. The molecule has 12 heteroatoms. The highest BCUT2D eigenvalue weighted by atomic mass is 32.1. The Balaban J connectivity index is 1.46. The number of likely N-dealkylation sites (N-methyl/N-ethyl adjacent to an activating group) is 1. The molecule has 196 valence electrons. The molecule has 0 radical (unpaired) electrons. The molecule has 2 saturated heterocycles. The second-order valence-corrected chi connectivity index (χ2v) is 10.4. The molecule has 0 spiro atoms. The van der Waals surface area contributed by atoms with Gasteiger partial charge in [-0.15, -0.1) is 11.3 Å². The molecule has 0 atom stereocenters. The zero-order chi connectivity index (χ0) is 26.4. The summed E-state index contributed by atoms with van der Waals surface area (Å²) in [5.74, 6) is -0.820. The smallest absolute Gasteiger partial charge is 0.324 e. The number of fused-ring (bicyclic) bond motifs is 1. The number of carbonyl (C=O) groups is 1. The number of aromatic nitrogens is 3. The van der Waals surface area contributed by atoms with Crippen molar-refractivity contribution in [3.8, 4) is 16.5 Å². The number of hydrogen-bond acceptors (Lipinski definition) is 8. The van der Waals surface area contributed by atoms with Gasteiger partial charge in [-0.25, -0.2) is 19.2 Å². The maximum Gasteiger partial charge on any atom is 0.324 e. The quantitative estimate of drug-likeness (QED) is 0.418. The van der Waals surface area contributed by atoms with Crippen LogP contribution in [0.4, 0.5) is 20.6 Å². The molecule has 0 aliphatic carbocycles. The van der Waals surface area contributed by atoms with E-state index in [9.17, 15) is 19.1 Å². The summed E-state index contributed by atoms with van der Waals surface area (Å²) in [6, 6.07) is 7.89. The van der Waals surface area contributed by atoms with Crippen molar-refractivity contribution in [1.29, 1.82) is 0 Å². The van der Waals surface area contributed by atoms with E-state index < -0.39 is 11.3 Å². The van der Waals surface area contributed by atoms with Gasteiger partial charge in [0, 0.05) is 56.9 Å². The lowest BCUT2D eigenvalue weighted by Crippen LogP contribution is -2.37. The minimum atomic E-state index is -0.642. The highest BCUT2D eigenvalue weighted by Crippen LogP contribution is 2.34. The molecule has 0 bridgehead atoms. The number of aromatic hydroxyl groups is 1. The Hall–Kier alpha value is -4.03. The molecule has 2 amide bonds. The van der Waals surface area contributed by atoms with E-state index in [1.807, 2.05) is 6.07 Å².